The van der Waals surface area contributed by atoms with Crippen LogP contribution in [0.5, 0.6) is 5.75 Å². The smallest absolute Gasteiger partial charge is 0.226 e. The molecule has 8 nitrogen and oxygen atoms in total. The topological polar surface area (TPSA) is 83.7 Å². The average Bonchev–Trinajstić information content (AvgIpc) is 3.56. The van der Waals surface area contributed by atoms with E-state index in [0.29, 0.717) is 0 Å². The molecule has 190 valence electrons. The van der Waals surface area contributed by atoms with E-state index in [0.717, 1.165) is 92.7 Å². The standard InChI is InChI=1S/C28H35N5O3/c34-26(19-24-23-3-1-2-4-25(23)36-31-24)30-22-7-5-20(6-8-22)10-13-32-14-16-33(17-15-32)28-27-21(9-12-29-28)11-18-35-27/h1-4,9,12,20,22H,5-8,10-11,13-19H2,(H,30,34). The number of piperazine rings is 1. The second-order valence-electron chi connectivity index (χ2n) is 10.4. The number of nitrogens with one attached hydrogen (secondary N) is 1. The van der Waals surface area contributed by atoms with Crippen molar-refractivity contribution in [3.63, 3.8) is 0 Å². The maximum atomic E-state index is 12.6. The number of pyridine rings is 1. The van der Waals surface area contributed by atoms with E-state index < -0.39 is 0 Å². The molecule has 2 fully saturated rings. The molecule has 4 heterocycles. The van der Waals surface area contributed by atoms with E-state index in [9.17, 15) is 4.79 Å². The van der Waals surface area contributed by atoms with Gasteiger partial charge in [0.2, 0.25) is 5.91 Å². The number of para-hydroxylation sites is 1. The normalized spacial score (nSPS) is 22.4. The summed E-state index contributed by atoms with van der Waals surface area (Å²) in [6.07, 6.45) is 8.94. The predicted molar refractivity (Wildman–Crippen MR) is 138 cm³/mol. The molecule has 1 aliphatic carbocycles. The molecule has 8 heteroatoms. The molecule has 3 aromatic rings. The van der Waals surface area contributed by atoms with Crippen LogP contribution in [0.15, 0.2) is 41.1 Å². The van der Waals surface area contributed by atoms with Crippen molar-refractivity contribution in [3.8, 4) is 5.75 Å². The van der Waals surface area contributed by atoms with Crippen LogP contribution in [0.4, 0.5) is 5.82 Å². The highest BCUT2D eigenvalue weighted by Gasteiger charge is 2.27. The van der Waals surface area contributed by atoms with Crippen LogP contribution in [0.2, 0.25) is 0 Å². The molecule has 36 heavy (non-hydrogen) atoms. The molecular weight excluding hydrogens is 454 g/mol. The van der Waals surface area contributed by atoms with Gasteiger partial charge in [-0.15, -0.1) is 0 Å². The van der Waals surface area contributed by atoms with E-state index in [-0.39, 0.29) is 18.4 Å². The van der Waals surface area contributed by atoms with Crippen molar-refractivity contribution in [3.05, 3.63) is 47.8 Å². The summed E-state index contributed by atoms with van der Waals surface area (Å²) in [6.45, 7) is 6.10. The first-order valence-corrected chi connectivity index (χ1v) is 13.4. The molecule has 0 bridgehead atoms. The van der Waals surface area contributed by atoms with Crippen LogP contribution >= 0.6 is 0 Å². The van der Waals surface area contributed by atoms with Gasteiger partial charge in [0.15, 0.2) is 17.2 Å². The third-order valence-corrected chi connectivity index (χ3v) is 8.10. The number of aromatic nitrogens is 2. The maximum absolute atomic E-state index is 12.6. The fourth-order valence-corrected chi connectivity index (χ4v) is 5.96. The van der Waals surface area contributed by atoms with Crippen molar-refractivity contribution in [2.24, 2.45) is 5.92 Å². The van der Waals surface area contributed by atoms with Crippen molar-refractivity contribution in [2.75, 3.05) is 44.2 Å². The predicted octanol–water partition coefficient (Wildman–Crippen LogP) is 3.59. The summed E-state index contributed by atoms with van der Waals surface area (Å²) in [5.74, 6) is 2.83. The molecule has 6 rings (SSSR count). The molecule has 0 radical (unpaired) electrons. The van der Waals surface area contributed by atoms with Crippen LogP contribution in [0, 0.1) is 5.92 Å². The number of fused-ring (bicyclic) bond motifs is 2. The van der Waals surface area contributed by atoms with Crippen molar-refractivity contribution in [1.82, 2.24) is 20.4 Å². The Morgan fingerprint density at radius 2 is 1.89 bits per heavy atom. The summed E-state index contributed by atoms with van der Waals surface area (Å²) < 4.78 is 11.2. The minimum atomic E-state index is 0.0410. The zero-order valence-electron chi connectivity index (χ0n) is 20.8. The zero-order chi connectivity index (χ0) is 24.3. The third-order valence-electron chi connectivity index (χ3n) is 8.10. The minimum Gasteiger partial charge on any atom is -0.489 e. The van der Waals surface area contributed by atoms with Gasteiger partial charge >= 0.3 is 0 Å². The van der Waals surface area contributed by atoms with E-state index in [1.54, 1.807) is 0 Å². The number of ether oxygens (including phenoxy) is 1. The molecule has 2 aliphatic heterocycles. The van der Waals surface area contributed by atoms with Gasteiger partial charge in [-0.05, 0) is 62.8 Å². The Labute approximate surface area is 212 Å². The van der Waals surface area contributed by atoms with Crippen LogP contribution in [0.25, 0.3) is 11.0 Å². The average molecular weight is 490 g/mol. The first-order chi connectivity index (χ1) is 17.7. The molecule has 0 atom stereocenters. The Hall–Kier alpha value is -3.13. The lowest BCUT2D eigenvalue weighted by Gasteiger charge is -2.37. The van der Waals surface area contributed by atoms with Crippen LogP contribution in [0.1, 0.15) is 43.4 Å². The molecule has 1 saturated heterocycles. The van der Waals surface area contributed by atoms with Gasteiger partial charge in [-0.1, -0.05) is 17.3 Å². The number of hydrogen-bond donors (Lipinski definition) is 1. The van der Waals surface area contributed by atoms with Crippen molar-refractivity contribution >= 4 is 22.7 Å². The third kappa shape index (κ3) is 5.05. The summed E-state index contributed by atoms with van der Waals surface area (Å²) in [7, 11) is 0. The van der Waals surface area contributed by atoms with Gasteiger partial charge in [0.1, 0.15) is 5.69 Å². The SMILES string of the molecule is O=C(Cc1noc2ccccc12)NC1CCC(CCN2CCN(c3nccc4c3OCC4)CC2)CC1. The van der Waals surface area contributed by atoms with Crippen molar-refractivity contribution in [1.29, 1.82) is 0 Å². The van der Waals surface area contributed by atoms with E-state index in [4.69, 9.17) is 9.26 Å². The van der Waals surface area contributed by atoms with Gasteiger partial charge in [-0.25, -0.2) is 4.98 Å². The number of carbonyl (C=O) groups is 1. The quantitative estimate of drug-likeness (QED) is 0.543. The molecule has 0 spiro atoms. The lowest BCUT2D eigenvalue weighted by Crippen LogP contribution is -2.47. The highest BCUT2D eigenvalue weighted by atomic mass is 16.5. The molecule has 0 unspecified atom stereocenters. The largest absolute Gasteiger partial charge is 0.489 e. The number of carbonyl (C=O) groups excluding carboxylic acids is 1. The van der Waals surface area contributed by atoms with Crippen molar-refractivity contribution in [2.45, 2.75) is 51.0 Å². The fourth-order valence-electron chi connectivity index (χ4n) is 5.96. The molecule has 1 amide bonds. The Morgan fingerprint density at radius 3 is 2.75 bits per heavy atom. The first-order valence-electron chi connectivity index (χ1n) is 13.4. The van der Waals surface area contributed by atoms with Crippen LogP contribution in [-0.2, 0) is 17.6 Å². The Morgan fingerprint density at radius 1 is 1.06 bits per heavy atom. The summed E-state index contributed by atoms with van der Waals surface area (Å²) in [5, 5.41) is 8.25. The summed E-state index contributed by atoms with van der Waals surface area (Å²) in [5.41, 5.74) is 2.74. The Balaban J connectivity index is 0.907. The van der Waals surface area contributed by atoms with E-state index in [1.807, 2.05) is 30.5 Å². The monoisotopic (exact) mass is 489 g/mol. The van der Waals surface area contributed by atoms with Gasteiger partial charge in [0.05, 0.1) is 13.0 Å². The number of rotatable bonds is 7. The molecular formula is C28H35N5O3. The van der Waals surface area contributed by atoms with E-state index in [1.165, 1.54) is 24.8 Å². The second kappa shape index (κ2) is 10.5. The Kier molecular flexibility index (Phi) is 6.77. The van der Waals surface area contributed by atoms with E-state index >= 15 is 0 Å². The molecule has 2 aromatic heterocycles. The minimum absolute atomic E-state index is 0.0410. The lowest BCUT2D eigenvalue weighted by atomic mass is 9.84. The number of anilines is 1. The molecule has 1 aromatic carbocycles. The summed E-state index contributed by atoms with van der Waals surface area (Å²) in [4.78, 5) is 22.2. The van der Waals surface area contributed by atoms with Gasteiger partial charge in [0, 0.05) is 55.8 Å². The van der Waals surface area contributed by atoms with E-state index in [2.05, 4.69) is 31.3 Å². The fraction of sp³-hybridized carbons (Fsp3) is 0.536. The highest BCUT2D eigenvalue weighted by Crippen LogP contribution is 2.34. The molecule has 1 saturated carbocycles. The molecule has 1 N–H and O–H groups in total. The Bertz CT molecular complexity index is 1190. The van der Waals surface area contributed by atoms with Gasteiger partial charge < -0.3 is 19.5 Å². The number of amides is 1. The van der Waals surface area contributed by atoms with Crippen LogP contribution in [0.3, 0.4) is 0 Å². The number of hydrogen-bond acceptors (Lipinski definition) is 7. The van der Waals surface area contributed by atoms with Crippen LogP contribution < -0.4 is 15.0 Å². The van der Waals surface area contributed by atoms with Gasteiger partial charge in [0.25, 0.3) is 0 Å². The molecule has 3 aliphatic rings. The number of benzene rings is 1. The highest BCUT2D eigenvalue weighted by molar-refractivity contribution is 5.86. The van der Waals surface area contributed by atoms with Crippen molar-refractivity contribution < 1.29 is 14.1 Å². The van der Waals surface area contributed by atoms with Crippen LogP contribution in [-0.4, -0.2) is 66.3 Å². The second-order valence-corrected chi connectivity index (χ2v) is 10.4. The maximum Gasteiger partial charge on any atom is 0.226 e. The first kappa shape index (κ1) is 23.3. The summed E-state index contributed by atoms with van der Waals surface area (Å²) >= 11 is 0. The summed E-state index contributed by atoms with van der Waals surface area (Å²) in [6, 6.07) is 10.1. The lowest BCUT2D eigenvalue weighted by molar-refractivity contribution is -0.121. The van der Waals surface area contributed by atoms with Gasteiger partial charge in [-0.2, -0.15) is 0 Å². The number of nitrogens with zero attached hydrogens (tertiary/aromatic N) is 4. The zero-order valence-corrected chi connectivity index (χ0v) is 20.8. The van der Waals surface area contributed by atoms with Gasteiger partial charge in [-0.3, -0.25) is 9.69 Å².